The molecule has 2 nitrogen and oxygen atoms in total. The molecule has 0 atom stereocenters. The van der Waals surface area contributed by atoms with Crippen LogP contribution in [-0.4, -0.2) is 5.91 Å². The largest absolute Gasteiger partial charge is 0.416 e. The minimum Gasteiger partial charge on any atom is -0.369 e. The van der Waals surface area contributed by atoms with Crippen LogP contribution >= 0.6 is 0 Å². The number of carbonyl (C=O) groups is 1. The van der Waals surface area contributed by atoms with Crippen molar-refractivity contribution in [1.29, 1.82) is 0 Å². The number of hydrogen-bond donors (Lipinski definition) is 1. The number of alkyl halides is 3. The Morgan fingerprint density at radius 2 is 1.69 bits per heavy atom. The highest BCUT2D eigenvalue weighted by Gasteiger charge is 2.50. The molecule has 0 spiro atoms. The van der Waals surface area contributed by atoms with E-state index in [-0.39, 0.29) is 0 Å². The molecule has 86 valence electrons. The van der Waals surface area contributed by atoms with Gasteiger partial charge in [-0.1, -0.05) is 12.1 Å². The van der Waals surface area contributed by atoms with Crippen molar-refractivity contribution >= 4 is 5.91 Å². The van der Waals surface area contributed by atoms with Crippen LogP contribution in [-0.2, 0) is 16.4 Å². The van der Waals surface area contributed by atoms with Gasteiger partial charge in [-0.2, -0.15) is 13.2 Å². The average Bonchev–Trinajstić information content (AvgIpc) is 2.97. The molecule has 1 aliphatic carbocycles. The molecule has 1 fully saturated rings. The quantitative estimate of drug-likeness (QED) is 0.830. The summed E-state index contributed by atoms with van der Waals surface area (Å²) in [6, 6.07) is 4.64. The van der Waals surface area contributed by atoms with E-state index >= 15 is 0 Å². The zero-order valence-electron chi connectivity index (χ0n) is 8.34. The van der Waals surface area contributed by atoms with Gasteiger partial charge in [0.15, 0.2) is 0 Å². The molecule has 1 aromatic carbocycles. The van der Waals surface area contributed by atoms with Gasteiger partial charge in [-0.05, 0) is 30.5 Å². The van der Waals surface area contributed by atoms with Gasteiger partial charge in [0.25, 0.3) is 0 Å². The first-order valence-corrected chi connectivity index (χ1v) is 4.84. The number of hydrogen-bond acceptors (Lipinski definition) is 1. The topological polar surface area (TPSA) is 43.1 Å². The van der Waals surface area contributed by atoms with Gasteiger partial charge in [-0.3, -0.25) is 4.79 Å². The van der Waals surface area contributed by atoms with Crippen LogP contribution in [0.5, 0.6) is 0 Å². The van der Waals surface area contributed by atoms with Crippen LogP contribution in [0.15, 0.2) is 24.3 Å². The van der Waals surface area contributed by atoms with E-state index in [1.807, 2.05) is 0 Å². The predicted molar refractivity (Wildman–Crippen MR) is 51.6 cm³/mol. The Kier molecular flexibility index (Phi) is 2.22. The molecule has 0 aliphatic heterocycles. The smallest absolute Gasteiger partial charge is 0.369 e. The fraction of sp³-hybridized carbons (Fsp3) is 0.364. The molecular weight excluding hydrogens is 219 g/mol. The summed E-state index contributed by atoms with van der Waals surface area (Å²) in [6.45, 7) is 0. The molecule has 1 amide bonds. The molecule has 0 unspecified atom stereocenters. The summed E-state index contributed by atoms with van der Waals surface area (Å²) < 4.78 is 36.9. The molecule has 2 N–H and O–H groups in total. The molecule has 0 radical (unpaired) electrons. The van der Waals surface area contributed by atoms with Gasteiger partial charge in [-0.15, -0.1) is 0 Å². The van der Waals surface area contributed by atoms with Gasteiger partial charge in [0, 0.05) is 0 Å². The fourth-order valence-corrected chi connectivity index (χ4v) is 1.78. The van der Waals surface area contributed by atoms with E-state index in [1.165, 1.54) is 12.1 Å². The van der Waals surface area contributed by atoms with Crippen molar-refractivity contribution in [3.05, 3.63) is 35.4 Å². The van der Waals surface area contributed by atoms with Gasteiger partial charge < -0.3 is 5.73 Å². The van der Waals surface area contributed by atoms with Gasteiger partial charge >= 0.3 is 6.18 Å². The lowest BCUT2D eigenvalue weighted by atomic mass is 9.94. The monoisotopic (exact) mass is 229 g/mol. The summed E-state index contributed by atoms with van der Waals surface area (Å²) in [7, 11) is 0. The second-order valence-corrected chi connectivity index (χ2v) is 4.02. The first-order valence-electron chi connectivity index (χ1n) is 4.84. The van der Waals surface area contributed by atoms with E-state index in [1.54, 1.807) is 0 Å². The second-order valence-electron chi connectivity index (χ2n) is 4.02. The highest BCUT2D eigenvalue weighted by molar-refractivity contribution is 5.89. The molecule has 1 aromatic rings. The highest BCUT2D eigenvalue weighted by Crippen LogP contribution is 2.48. The normalized spacial score (nSPS) is 18.2. The Labute approximate surface area is 90.2 Å². The van der Waals surface area contributed by atoms with E-state index in [4.69, 9.17) is 5.73 Å². The van der Waals surface area contributed by atoms with Crippen LogP contribution < -0.4 is 5.73 Å². The van der Waals surface area contributed by atoms with E-state index in [2.05, 4.69) is 0 Å². The van der Waals surface area contributed by atoms with Crippen molar-refractivity contribution in [2.45, 2.75) is 24.4 Å². The minimum atomic E-state index is -4.35. The zero-order valence-corrected chi connectivity index (χ0v) is 8.34. The maximum atomic E-state index is 12.3. The van der Waals surface area contributed by atoms with E-state index < -0.39 is 23.1 Å². The van der Waals surface area contributed by atoms with Crippen LogP contribution in [0.2, 0.25) is 0 Å². The lowest BCUT2D eigenvalue weighted by Crippen LogP contribution is -2.28. The molecule has 0 saturated heterocycles. The summed E-state index contributed by atoms with van der Waals surface area (Å²) in [6.07, 6.45) is -3.11. The third-order valence-corrected chi connectivity index (χ3v) is 2.99. The number of rotatable bonds is 2. The summed E-state index contributed by atoms with van der Waals surface area (Å²) in [4.78, 5) is 11.2. The molecule has 1 aliphatic rings. The molecule has 16 heavy (non-hydrogen) atoms. The molecule has 0 heterocycles. The summed E-state index contributed by atoms with van der Waals surface area (Å²) in [5, 5.41) is 0. The summed E-state index contributed by atoms with van der Waals surface area (Å²) >= 11 is 0. The number of benzene rings is 1. The predicted octanol–water partition coefficient (Wildman–Crippen LogP) is 2.22. The Morgan fingerprint density at radius 1 is 1.19 bits per heavy atom. The standard InChI is InChI=1S/C11H10F3NO/c12-11(13,14)8-3-1-7(2-4-8)10(5-6-10)9(15)16/h1-4H,5-6H2,(H2,15,16). The first kappa shape index (κ1) is 11.0. The van der Waals surface area contributed by atoms with E-state index in [0.29, 0.717) is 18.4 Å². The lowest BCUT2D eigenvalue weighted by molar-refractivity contribution is -0.137. The second kappa shape index (κ2) is 3.23. The van der Waals surface area contributed by atoms with Gasteiger partial charge in [0.05, 0.1) is 11.0 Å². The third-order valence-electron chi connectivity index (χ3n) is 2.99. The van der Waals surface area contributed by atoms with Crippen molar-refractivity contribution in [2.24, 2.45) is 5.73 Å². The number of nitrogens with two attached hydrogens (primary N) is 1. The Hall–Kier alpha value is -1.52. The lowest BCUT2D eigenvalue weighted by Gasteiger charge is -2.12. The van der Waals surface area contributed by atoms with Gasteiger partial charge in [0.1, 0.15) is 0 Å². The maximum Gasteiger partial charge on any atom is 0.416 e. The van der Waals surface area contributed by atoms with Crippen molar-refractivity contribution in [3.8, 4) is 0 Å². The highest BCUT2D eigenvalue weighted by atomic mass is 19.4. The van der Waals surface area contributed by atoms with Crippen LogP contribution in [0.1, 0.15) is 24.0 Å². The van der Waals surface area contributed by atoms with E-state index in [0.717, 1.165) is 12.1 Å². The SMILES string of the molecule is NC(=O)C1(c2ccc(C(F)(F)F)cc2)CC1. The van der Waals surface area contributed by atoms with Gasteiger partial charge in [-0.25, -0.2) is 0 Å². The Bertz CT molecular complexity index is 418. The van der Waals surface area contributed by atoms with Crippen molar-refractivity contribution in [2.75, 3.05) is 0 Å². The summed E-state index contributed by atoms with van der Waals surface area (Å²) in [5.41, 5.74) is 4.37. The number of primary amides is 1. The van der Waals surface area contributed by atoms with Gasteiger partial charge in [0.2, 0.25) is 5.91 Å². The zero-order chi connectivity index (χ0) is 12.0. The molecular formula is C11H10F3NO. The molecule has 2 rings (SSSR count). The van der Waals surface area contributed by atoms with Crippen LogP contribution in [0.3, 0.4) is 0 Å². The molecule has 5 heteroatoms. The van der Waals surface area contributed by atoms with Crippen LogP contribution in [0.25, 0.3) is 0 Å². The summed E-state index contributed by atoms with van der Waals surface area (Å²) in [5.74, 6) is -0.466. The number of halogens is 3. The van der Waals surface area contributed by atoms with E-state index in [9.17, 15) is 18.0 Å². The Morgan fingerprint density at radius 3 is 2.00 bits per heavy atom. The first-order chi connectivity index (χ1) is 7.36. The van der Waals surface area contributed by atoms with Crippen molar-refractivity contribution in [3.63, 3.8) is 0 Å². The van der Waals surface area contributed by atoms with Crippen molar-refractivity contribution < 1.29 is 18.0 Å². The fourth-order valence-electron chi connectivity index (χ4n) is 1.78. The van der Waals surface area contributed by atoms with Crippen LogP contribution in [0, 0.1) is 0 Å². The number of carbonyl (C=O) groups excluding carboxylic acids is 1. The molecule has 0 aromatic heterocycles. The van der Waals surface area contributed by atoms with Crippen molar-refractivity contribution in [1.82, 2.24) is 0 Å². The average molecular weight is 229 g/mol. The van der Waals surface area contributed by atoms with Crippen LogP contribution in [0.4, 0.5) is 13.2 Å². The molecule has 0 bridgehead atoms. The minimum absolute atomic E-state index is 0.466. The Balaban J connectivity index is 2.31. The number of amides is 1. The maximum absolute atomic E-state index is 12.3. The molecule has 1 saturated carbocycles. The third kappa shape index (κ3) is 1.66.